The molecular formula is C13H17N5OS. The number of carbonyl (C=O) groups is 1. The maximum absolute atomic E-state index is 12.1. The van der Waals surface area contributed by atoms with Crippen molar-refractivity contribution in [3.63, 3.8) is 0 Å². The summed E-state index contributed by atoms with van der Waals surface area (Å²) in [5.41, 5.74) is 6.54. The number of aromatic amines is 1. The summed E-state index contributed by atoms with van der Waals surface area (Å²) in [6, 6.07) is 9.95. The number of hydrogen-bond donors (Lipinski definition) is 2. The van der Waals surface area contributed by atoms with Crippen molar-refractivity contribution < 1.29 is 4.79 Å². The van der Waals surface area contributed by atoms with Crippen LogP contribution in [0.15, 0.2) is 35.5 Å². The molecule has 1 aromatic heterocycles. The van der Waals surface area contributed by atoms with Gasteiger partial charge in [0.1, 0.15) is 0 Å². The van der Waals surface area contributed by atoms with Gasteiger partial charge in [-0.15, -0.1) is 5.10 Å². The molecule has 0 aliphatic rings. The van der Waals surface area contributed by atoms with Crippen LogP contribution in [0.5, 0.6) is 0 Å². The summed E-state index contributed by atoms with van der Waals surface area (Å²) in [6.07, 6.45) is 0. The van der Waals surface area contributed by atoms with E-state index in [0.717, 1.165) is 5.56 Å². The first-order valence-electron chi connectivity index (χ1n) is 6.19. The van der Waals surface area contributed by atoms with Gasteiger partial charge in [-0.2, -0.15) is 4.98 Å². The van der Waals surface area contributed by atoms with Crippen LogP contribution < -0.4 is 5.73 Å². The van der Waals surface area contributed by atoms with E-state index < -0.39 is 0 Å². The van der Waals surface area contributed by atoms with Gasteiger partial charge in [-0.05, 0) is 12.5 Å². The van der Waals surface area contributed by atoms with Crippen LogP contribution in [-0.4, -0.2) is 38.8 Å². The average Bonchev–Trinajstić information content (AvgIpc) is 2.89. The minimum atomic E-state index is 0.0229. The molecule has 2 rings (SSSR count). The molecule has 1 heterocycles. The van der Waals surface area contributed by atoms with Crippen LogP contribution in [0.4, 0.5) is 5.95 Å². The minimum Gasteiger partial charge on any atom is -0.368 e. The first-order chi connectivity index (χ1) is 9.58. The third-order valence-electron chi connectivity index (χ3n) is 3.06. The van der Waals surface area contributed by atoms with Crippen molar-refractivity contribution in [2.75, 3.05) is 18.5 Å². The molecule has 6 nitrogen and oxygen atoms in total. The van der Waals surface area contributed by atoms with Gasteiger partial charge < -0.3 is 10.6 Å². The van der Waals surface area contributed by atoms with Gasteiger partial charge in [0.05, 0.1) is 11.8 Å². The second-order valence-corrected chi connectivity index (χ2v) is 5.33. The number of nitrogens with one attached hydrogen (secondary N) is 1. The maximum Gasteiger partial charge on any atom is 0.233 e. The lowest BCUT2D eigenvalue weighted by molar-refractivity contribution is -0.128. The van der Waals surface area contributed by atoms with Gasteiger partial charge in [0.25, 0.3) is 0 Å². The normalized spacial score (nSPS) is 12.1. The zero-order valence-corrected chi connectivity index (χ0v) is 12.2. The van der Waals surface area contributed by atoms with Gasteiger partial charge in [-0.1, -0.05) is 42.1 Å². The molecule has 106 valence electrons. The van der Waals surface area contributed by atoms with Crippen molar-refractivity contribution in [1.82, 2.24) is 20.1 Å². The Bertz CT molecular complexity index is 571. The Hall–Kier alpha value is -2.02. The van der Waals surface area contributed by atoms with Crippen LogP contribution >= 0.6 is 11.8 Å². The Kier molecular flexibility index (Phi) is 4.62. The molecule has 0 aliphatic carbocycles. The molecule has 0 aliphatic heterocycles. The number of thioether (sulfide) groups is 1. The van der Waals surface area contributed by atoms with E-state index in [4.69, 9.17) is 5.73 Å². The van der Waals surface area contributed by atoms with Gasteiger partial charge in [0.15, 0.2) is 0 Å². The average molecular weight is 291 g/mol. The first kappa shape index (κ1) is 14.4. The highest BCUT2D eigenvalue weighted by Crippen LogP contribution is 2.20. The van der Waals surface area contributed by atoms with Crippen molar-refractivity contribution in [1.29, 1.82) is 0 Å². The lowest BCUT2D eigenvalue weighted by Gasteiger charge is -2.25. The fourth-order valence-corrected chi connectivity index (χ4v) is 2.45. The van der Waals surface area contributed by atoms with Crippen molar-refractivity contribution in [2.45, 2.75) is 18.1 Å². The molecule has 1 aromatic carbocycles. The highest BCUT2D eigenvalue weighted by atomic mass is 32.2. The molecule has 0 fully saturated rings. The third-order valence-corrected chi connectivity index (χ3v) is 3.90. The lowest BCUT2D eigenvalue weighted by atomic mass is 10.1. The van der Waals surface area contributed by atoms with Gasteiger partial charge >= 0.3 is 0 Å². The number of nitrogen functional groups attached to an aromatic ring is 1. The summed E-state index contributed by atoms with van der Waals surface area (Å²) in [4.78, 5) is 17.8. The zero-order valence-electron chi connectivity index (χ0n) is 11.4. The summed E-state index contributed by atoms with van der Waals surface area (Å²) in [5, 5.41) is 6.91. The third kappa shape index (κ3) is 3.51. The molecule has 0 radical (unpaired) electrons. The number of nitrogens with two attached hydrogens (primary N) is 1. The highest BCUT2D eigenvalue weighted by Gasteiger charge is 2.17. The predicted molar refractivity (Wildman–Crippen MR) is 79.1 cm³/mol. The molecule has 1 amide bonds. The van der Waals surface area contributed by atoms with Crippen molar-refractivity contribution in [3.05, 3.63) is 35.9 Å². The molecule has 0 bridgehead atoms. The summed E-state index contributed by atoms with van der Waals surface area (Å²) in [6.45, 7) is 2.00. The van der Waals surface area contributed by atoms with Crippen LogP contribution in [0, 0.1) is 0 Å². The standard InChI is InChI=1S/C13H17N5OS/c1-9(10-6-4-3-5-7-10)18(2)11(19)8-20-13-15-12(14)16-17-13/h3-7,9H,8H2,1-2H3,(H3,14,15,16,17). The van der Waals surface area contributed by atoms with Crippen LogP contribution in [0.2, 0.25) is 0 Å². The van der Waals surface area contributed by atoms with Gasteiger partial charge in [0.2, 0.25) is 17.0 Å². The van der Waals surface area contributed by atoms with E-state index in [0.29, 0.717) is 5.16 Å². The largest absolute Gasteiger partial charge is 0.368 e. The number of anilines is 1. The van der Waals surface area contributed by atoms with Crippen LogP contribution in [0.25, 0.3) is 0 Å². The molecule has 1 atom stereocenters. The molecule has 1 unspecified atom stereocenters. The molecule has 2 aromatic rings. The van der Waals surface area contributed by atoms with E-state index in [1.54, 1.807) is 11.9 Å². The van der Waals surface area contributed by atoms with E-state index in [9.17, 15) is 4.79 Å². The topological polar surface area (TPSA) is 87.9 Å². The quantitative estimate of drug-likeness (QED) is 0.819. The first-order valence-corrected chi connectivity index (χ1v) is 7.17. The molecule has 0 saturated heterocycles. The van der Waals surface area contributed by atoms with E-state index in [1.807, 2.05) is 37.3 Å². The smallest absolute Gasteiger partial charge is 0.233 e. The Labute approximate surface area is 121 Å². The fourth-order valence-electron chi connectivity index (χ4n) is 1.72. The number of hydrogen-bond acceptors (Lipinski definition) is 5. The molecule has 0 saturated carbocycles. The number of amides is 1. The van der Waals surface area contributed by atoms with Gasteiger partial charge in [-0.25, -0.2) is 5.10 Å². The summed E-state index contributed by atoms with van der Waals surface area (Å²) < 4.78 is 0. The maximum atomic E-state index is 12.1. The SMILES string of the molecule is CC(c1ccccc1)N(C)C(=O)CSc1n[nH]c(N)n1. The van der Waals surface area contributed by atoms with Crippen LogP contribution in [0.1, 0.15) is 18.5 Å². The Balaban J connectivity index is 1.91. The highest BCUT2D eigenvalue weighted by molar-refractivity contribution is 7.99. The van der Waals surface area contributed by atoms with Crippen molar-refractivity contribution in [2.24, 2.45) is 0 Å². The van der Waals surface area contributed by atoms with E-state index in [2.05, 4.69) is 15.2 Å². The van der Waals surface area contributed by atoms with E-state index in [-0.39, 0.29) is 23.7 Å². The second kappa shape index (κ2) is 6.42. The predicted octanol–water partition coefficient (Wildman–Crippen LogP) is 1.70. The summed E-state index contributed by atoms with van der Waals surface area (Å²) in [7, 11) is 1.80. The van der Waals surface area contributed by atoms with Crippen LogP contribution in [0.3, 0.4) is 0 Å². The van der Waals surface area contributed by atoms with E-state index in [1.165, 1.54) is 11.8 Å². The Morgan fingerprint density at radius 1 is 1.45 bits per heavy atom. The van der Waals surface area contributed by atoms with Crippen molar-refractivity contribution >= 4 is 23.6 Å². The number of benzene rings is 1. The second-order valence-electron chi connectivity index (χ2n) is 4.38. The minimum absolute atomic E-state index is 0.0229. The Morgan fingerprint density at radius 2 is 2.15 bits per heavy atom. The summed E-state index contributed by atoms with van der Waals surface area (Å²) >= 11 is 1.27. The number of carbonyl (C=O) groups excluding carboxylic acids is 1. The van der Waals surface area contributed by atoms with Gasteiger partial charge in [0, 0.05) is 7.05 Å². The zero-order chi connectivity index (χ0) is 14.5. The number of nitrogens with zero attached hydrogens (tertiary/aromatic N) is 3. The number of aromatic nitrogens is 3. The van der Waals surface area contributed by atoms with Gasteiger partial charge in [-0.3, -0.25) is 4.79 Å². The fraction of sp³-hybridized carbons (Fsp3) is 0.308. The molecule has 7 heteroatoms. The number of rotatable bonds is 5. The lowest BCUT2D eigenvalue weighted by Crippen LogP contribution is -2.31. The molecule has 20 heavy (non-hydrogen) atoms. The van der Waals surface area contributed by atoms with Crippen molar-refractivity contribution in [3.8, 4) is 0 Å². The monoisotopic (exact) mass is 291 g/mol. The number of H-pyrrole nitrogens is 1. The molecular weight excluding hydrogens is 274 g/mol. The van der Waals surface area contributed by atoms with E-state index >= 15 is 0 Å². The molecule has 3 N–H and O–H groups in total. The van der Waals surface area contributed by atoms with Crippen LogP contribution in [-0.2, 0) is 4.79 Å². The Morgan fingerprint density at radius 3 is 2.75 bits per heavy atom. The summed E-state index contributed by atoms with van der Waals surface area (Å²) in [5.74, 6) is 0.561. The molecule has 0 spiro atoms.